The molecular weight excluding hydrogens is 184 g/mol. The fourth-order valence-electron chi connectivity index (χ4n) is 0.959. The van der Waals surface area contributed by atoms with Gasteiger partial charge in [0.15, 0.2) is 0 Å². The lowest BCUT2D eigenvalue weighted by molar-refractivity contribution is -0.121. The molecule has 1 aromatic heterocycles. The highest BCUT2D eigenvalue weighted by atomic mass is 16.2. The van der Waals surface area contributed by atoms with Crippen LogP contribution < -0.4 is 11.3 Å². The Balaban J connectivity index is 2.65. The number of carbonyl (C=O) groups is 1. The summed E-state index contributed by atoms with van der Waals surface area (Å²) in [5, 5.41) is 12.3. The van der Waals surface area contributed by atoms with Crippen molar-refractivity contribution in [2.45, 2.75) is 19.4 Å². The van der Waals surface area contributed by atoms with E-state index in [2.05, 4.69) is 10.1 Å². The Morgan fingerprint density at radius 2 is 2.64 bits per heavy atom. The van der Waals surface area contributed by atoms with E-state index in [4.69, 9.17) is 11.1 Å². The first-order valence-corrected chi connectivity index (χ1v) is 3.98. The van der Waals surface area contributed by atoms with Crippen LogP contribution in [0.15, 0.2) is 6.33 Å². The molecule has 14 heavy (non-hydrogen) atoms. The van der Waals surface area contributed by atoms with E-state index < -0.39 is 0 Å². The van der Waals surface area contributed by atoms with Crippen LogP contribution in [0.25, 0.3) is 0 Å². The summed E-state index contributed by atoms with van der Waals surface area (Å²) in [5.74, 6) is 4.73. The van der Waals surface area contributed by atoms with Crippen LogP contribution in [-0.4, -0.2) is 20.7 Å². The smallest absolute Gasteiger partial charge is 0.252 e. The van der Waals surface area contributed by atoms with Gasteiger partial charge in [-0.05, 0) is 6.92 Å². The summed E-state index contributed by atoms with van der Waals surface area (Å²) in [4.78, 5) is 14.6. The van der Waals surface area contributed by atoms with Crippen molar-refractivity contribution in [3.8, 4) is 6.07 Å². The van der Waals surface area contributed by atoms with Gasteiger partial charge in [-0.2, -0.15) is 5.26 Å². The molecule has 0 aliphatic heterocycles. The normalized spacial score (nSPS) is 11.8. The fraction of sp³-hybridized carbons (Fsp3) is 0.429. The molecule has 1 rings (SSSR count). The van der Waals surface area contributed by atoms with Crippen molar-refractivity contribution in [2.75, 3.05) is 0 Å². The first kappa shape index (κ1) is 10.1. The van der Waals surface area contributed by atoms with Crippen LogP contribution in [0.4, 0.5) is 0 Å². The summed E-state index contributed by atoms with van der Waals surface area (Å²) >= 11 is 0. The second-order valence-electron chi connectivity index (χ2n) is 2.78. The van der Waals surface area contributed by atoms with Crippen LogP contribution in [0.1, 0.15) is 25.2 Å². The number of nitrogens with two attached hydrogens (primary N) is 1. The van der Waals surface area contributed by atoms with Crippen molar-refractivity contribution < 1.29 is 4.79 Å². The molecule has 74 valence electrons. The van der Waals surface area contributed by atoms with Crippen LogP contribution in [0.5, 0.6) is 0 Å². The van der Waals surface area contributed by atoms with Gasteiger partial charge in [-0.1, -0.05) is 0 Å². The van der Waals surface area contributed by atoms with Gasteiger partial charge in [0.05, 0.1) is 12.5 Å². The predicted octanol–water partition coefficient (Wildman–Crippen LogP) is -0.909. The number of nitriles is 1. The second kappa shape index (κ2) is 4.34. The lowest BCUT2D eigenvalue weighted by Crippen LogP contribution is -2.31. The molecule has 0 aliphatic carbocycles. The Kier molecular flexibility index (Phi) is 3.14. The number of nitrogens with zero attached hydrogens (tertiary/aromatic N) is 4. The van der Waals surface area contributed by atoms with Crippen LogP contribution in [0.2, 0.25) is 0 Å². The van der Waals surface area contributed by atoms with Crippen molar-refractivity contribution in [2.24, 2.45) is 5.84 Å². The maximum atomic E-state index is 10.9. The lowest BCUT2D eigenvalue weighted by atomic mass is 10.2. The number of nitrogens with one attached hydrogen (secondary N) is 1. The van der Waals surface area contributed by atoms with E-state index in [1.165, 1.54) is 11.0 Å². The van der Waals surface area contributed by atoms with Gasteiger partial charge in [0.1, 0.15) is 12.4 Å². The Morgan fingerprint density at radius 3 is 3.14 bits per heavy atom. The topological polar surface area (TPSA) is 110 Å². The average Bonchev–Trinajstić information content (AvgIpc) is 2.65. The summed E-state index contributed by atoms with van der Waals surface area (Å²) in [7, 11) is 0. The molecule has 1 heterocycles. The van der Waals surface area contributed by atoms with Gasteiger partial charge in [-0.3, -0.25) is 10.2 Å². The van der Waals surface area contributed by atoms with E-state index in [1.807, 2.05) is 5.43 Å². The molecular formula is C7H10N6O. The van der Waals surface area contributed by atoms with Gasteiger partial charge in [0, 0.05) is 0 Å². The minimum Gasteiger partial charge on any atom is -0.294 e. The molecule has 7 nitrogen and oxygen atoms in total. The summed E-state index contributed by atoms with van der Waals surface area (Å²) in [6.07, 6.45) is 1.61. The first-order chi connectivity index (χ1) is 6.67. The number of rotatable bonds is 3. The maximum absolute atomic E-state index is 10.9. The molecule has 1 aromatic rings. The van der Waals surface area contributed by atoms with Crippen LogP contribution in [0.3, 0.4) is 0 Å². The van der Waals surface area contributed by atoms with E-state index in [9.17, 15) is 4.79 Å². The van der Waals surface area contributed by atoms with Gasteiger partial charge in [0.25, 0.3) is 5.82 Å². The second-order valence-corrected chi connectivity index (χ2v) is 2.78. The molecule has 1 atom stereocenters. The molecule has 0 bridgehead atoms. The molecule has 0 aliphatic rings. The minimum absolute atomic E-state index is 0.0880. The zero-order valence-corrected chi connectivity index (χ0v) is 7.64. The number of hydrogen-bond donors (Lipinski definition) is 2. The molecule has 1 amide bonds. The van der Waals surface area contributed by atoms with E-state index in [1.54, 1.807) is 13.0 Å². The number of carbonyl (C=O) groups excluding carboxylic acids is 1. The summed E-state index contributed by atoms with van der Waals surface area (Å²) in [5.41, 5.74) is 2.02. The molecule has 1 unspecified atom stereocenters. The van der Waals surface area contributed by atoms with Gasteiger partial charge < -0.3 is 0 Å². The van der Waals surface area contributed by atoms with E-state index >= 15 is 0 Å². The lowest BCUT2D eigenvalue weighted by Gasteiger charge is -2.09. The molecule has 7 heteroatoms. The number of hydrogen-bond acceptors (Lipinski definition) is 5. The zero-order chi connectivity index (χ0) is 10.6. The molecule has 0 saturated heterocycles. The molecule has 0 aromatic carbocycles. The van der Waals surface area contributed by atoms with Crippen molar-refractivity contribution in [1.29, 1.82) is 5.26 Å². The first-order valence-electron chi connectivity index (χ1n) is 3.98. The highest BCUT2D eigenvalue weighted by Crippen LogP contribution is 2.07. The Labute approximate surface area is 80.5 Å². The standard InChI is InChI=1S/C7H10N6O/c1-5(2-7(14)11-9)13-4-10-6(3-8)12-13/h4-5H,2,9H2,1H3,(H,11,14). The molecule has 3 N–H and O–H groups in total. The van der Waals surface area contributed by atoms with Crippen molar-refractivity contribution in [1.82, 2.24) is 20.2 Å². The fourth-order valence-corrected chi connectivity index (χ4v) is 0.959. The monoisotopic (exact) mass is 194 g/mol. The van der Waals surface area contributed by atoms with Crippen LogP contribution in [0, 0.1) is 11.3 Å². The Morgan fingerprint density at radius 1 is 1.93 bits per heavy atom. The van der Waals surface area contributed by atoms with Gasteiger partial charge in [0.2, 0.25) is 5.91 Å². The molecule has 0 saturated carbocycles. The minimum atomic E-state index is -0.286. The summed E-state index contributed by atoms with van der Waals surface area (Å²) in [6, 6.07) is 1.63. The Bertz CT molecular complexity index is 365. The highest BCUT2D eigenvalue weighted by molar-refractivity contribution is 5.75. The van der Waals surface area contributed by atoms with Crippen molar-refractivity contribution in [3.05, 3.63) is 12.2 Å². The number of aromatic nitrogens is 3. The quantitative estimate of drug-likeness (QED) is 0.367. The number of amides is 1. The molecule has 0 radical (unpaired) electrons. The SMILES string of the molecule is CC(CC(=O)NN)n1cnc(C#N)n1. The average molecular weight is 194 g/mol. The van der Waals surface area contributed by atoms with Crippen LogP contribution in [-0.2, 0) is 4.79 Å². The van der Waals surface area contributed by atoms with Gasteiger partial charge >= 0.3 is 0 Å². The van der Waals surface area contributed by atoms with Gasteiger partial charge in [-0.15, -0.1) is 5.10 Å². The zero-order valence-electron chi connectivity index (χ0n) is 7.64. The van der Waals surface area contributed by atoms with Crippen molar-refractivity contribution >= 4 is 5.91 Å². The Hall–Kier alpha value is -1.94. The summed E-state index contributed by atoms with van der Waals surface area (Å²) < 4.78 is 1.45. The van der Waals surface area contributed by atoms with Crippen LogP contribution >= 0.6 is 0 Å². The van der Waals surface area contributed by atoms with E-state index in [-0.39, 0.29) is 24.2 Å². The summed E-state index contributed by atoms with van der Waals surface area (Å²) in [6.45, 7) is 1.78. The largest absolute Gasteiger partial charge is 0.294 e. The van der Waals surface area contributed by atoms with Gasteiger partial charge in [-0.25, -0.2) is 15.5 Å². The van der Waals surface area contributed by atoms with Crippen molar-refractivity contribution in [3.63, 3.8) is 0 Å². The van der Waals surface area contributed by atoms with E-state index in [0.717, 1.165) is 0 Å². The molecule has 0 spiro atoms. The third kappa shape index (κ3) is 2.27. The third-order valence-corrected chi connectivity index (χ3v) is 1.70. The predicted molar refractivity (Wildman–Crippen MR) is 46.4 cm³/mol. The molecule has 0 fully saturated rings. The maximum Gasteiger partial charge on any atom is 0.252 e. The van der Waals surface area contributed by atoms with E-state index in [0.29, 0.717) is 0 Å². The number of hydrazine groups is 1. The highest BCUT2D eigenvalue weighted by Gasteiger charge is 2.11. The third-order valence-electron chi connectivity index (χ3n) is 1.70.